The summed E-state index contributed by atoms with van der Waals surface area (Å²) < 4.78 is 51.6. The number of hydrogen-bond acceptors (Lipinski definition) is 5. The lowest BCUT2D eigenvalue weighted by Crippen LogP contribution is -2.28. The molecule has 0 atom stereocenters. The molecule has 1 rings (SSSR count). The highest BCUT2D eigenvalue weighted by molar-refractivity contribution is 8.03. The number of pyridine rings is 1. The van der Waals surface area contributed by atoms with Gasteiger partial charge in [0, 0.05) is 27.4 Å². The van der Waals surface area contributed by atoms with Gasteiger partial charge in [-0.15, -0.1) is 0 Å². The van der Waals surface area contributed by atoms with Gasteiger partial charge in [-0.25, -0.2) is 8.42 Å². The molecule has 0 aliphatic rings. The molecule has 7 nitrogen and oxygen atoms in total. The number of aromatic nitrogens is 1. The summed E-state index contributed by atoms with van der Waals surface area (Å²) in [7, 11) is -9.52. The van der Waals surface area contributed by atoms with E-state index >= 15 is 0 Å². The van der Waals surface area contributed by atoms with Gasteiger partial charge in [0.25, 0.3) is 10.0 Å². The Balaban J connectivity index is 3.28. The molecular formula is C5H5ClN2O5S2. The van der Waals surface area contributed by atoms with E-state index in [2.05, 4.69) is 4.98 Å². The Hall–Kier alpha value is -0.740. The van der Waals surface area contributed by atoms with Crippen molar-refractivity contribution in [2.24, 2.45) is 0 Å². The van der Waals surface area contributed by atoms with Crippen LogP contribution in [-0.2, 0) is 20.3 Å². The highest BCUT2D eigenvalue weighted by atomic mass is 35.5. The van der Waals surface area contributed by atoms with Crippen molar-refractivity contribution in [3.8, 4) is 0 Å². The largest absolute Gasteiger partial charge is 0.363 e. The third kappa shape index (κ3) is 2.63. The predicted molar refractivity (Wildman–Crippen MR) is 50.7 cm³/mol. The fourth-order valence-electron chi connectivity index (χ4n) is 0.707. The van der Waals surface area contributed by atoms with Gasteiger partial charge < -0.3 is 0 Å². The Labute approximate surface area is 91.4 Å². The van der Waals surface area contributed by atoms with Gasteiger partial charge in [0.2, 0.25) is 0 Å². The Morgan fingerprint density at radius 1 is 1.33 bits per heavy atom. The van der Waals surface area contributed by atoms with Crippen LogP contribution in [0.1, 0.15) is 0 Å². The minimum Gasteiger partial charge on any atom is -0.272 e. The fourth-order valence-corrected chi connectivity index (χ4v) is 2.81. The molecule has 1 heterocycles. The van der Waals surface area contributed by atoms with E-state index in [-0.39, 0.29) is 0 Å². The number of halogens is 1. The summed E-state index contributed by atoms with van der Waals surface area (Å²) in [5.74, 6) is 0. The molecule has 0 spiro atoms. The minimum absolute atomic E-state index is 0.447. The Bertz CT molecular complexity index is 540. The first-order valence-electron chi connectivity index (χ1n) is 3.35. The molecule has 1 aromatic rings. The molecule has 0 radical (unpaired) electrons. The van der Waals surface area contributed by atoms with E-state index < -0.39 is 28.5 Å². The average molecular weight is 273 g/mol. The van der Waals surface area contributed by atoms with Crippen molar-refractivity contribution in [2.75, 3.05) is 0 Å². The van der Waals surface area contributed by atoms with E-state index in [1.54, 1.807) is 0 Å². The SMILES string of the molecule is O=S(=O)(O)N(Cl)S(=O)(=O)c1cccnc1. The first-order valence-corrected chi connectivity index (χ1v) is 6.52. The van der Waals surface area contributed by atoms with E-state index in [1.807, 2.05) is 0 Å². The maximum atomic E-state index is 11.4. The summed E-state index contributed by atoms with van der Waals surface area (Å²) in [4.78, 5) is 3.03. The van der Waals surface area contributed by atoms with Gasteiger partial charge in [0.15, 0.2) is 0 Å². The molecule has 0 aliphatic heterocycles. The quantitative estimate of drug-likeness (QED) is 0.615. The second-order valence-corrected chi connectivity index (χ2v) is 6.34. The molecule has 10 heteroatoms. The summed E-state index contributed by atoms with van der Waals surface area (Å²) in [6.45, 7) is 0. The van der Waals surface area contributed by atoms with E-state index in [0.29, 0.717) is 0 Å². The van der Waals surface area contributed by atoms with Crippen LogP contribution < -0.4 is 0 Å². The van der Waals surface area contributed by atoms with Crippen molar-refractivity contribution in [1.29, 1.82) is 0 Å². The molecule has 15 heavy (non-hydrogen) atoms. The monoisotopic (exact) mass is 272 g/mol. The van der Waals surface area contributed by atoms with E-state index in [0.717, 1.165) is 12.3 Å². The van der Waals surface area contributed by atoms with E-state index in [4.69, 9.17) is 16.3 Å². The maximum Gasteiger partial charge on any atom is 0.363 e. The molecule has 84 valence electrons. The smallest absolute Gasteiger partial charge is 0.272 e. The second-order valence-electron chi connectivity index (χ2n) is 2.32. The number of nitrogens with zero attached hydrogens (tertiary/aromatic N) is 2. The predicted octanol–water partition coefficient (Wildman–Crippen LogP) is 0.0289. The summed E-state index contributed by atoms with van der Waals surface area (Å²) in [6, 6.07) is 2.37. The highest BCUT2D eigenvalue weighted by Crippen LogP contribution is 2.18. The van der Waals surface area contributed by atoms with Gasteiger partial charge >= 0.3 is 10.3 Å². The second kappa shape index (κ2) is 4.02. The normalized spacial score (nSPS) is 13.0. The fraction of sp³-hybridized carbons (Fsp3) is 0. The van der Waals surface area contributed by atoms with Gasteiger partial charge in [-0.05, 0) is 12.1 Å². The lowest BCUT2D eigenvalue weighted by molar-refractivity contribution is 0.457. The van der Waals surface area contributed by atoms with Crippen molar-refractivity contribution in [1.82, 2.24) is 8.21 Å². The van der Waals surface area contributed by atoms with Gasteiger partial charge in [0.05, 0.1) is 0 Å². The van der Waals surface area contributed by atoms with Crippen LogP contribution in [0.25, 0.3) is 0 Å². The molecule has 0 saturated carbocycles. The molecule has 1 N–H and O–H groups in total. The first kappa shape index (κ1) is 12.3. The van der Waals surface area contributed by atoms with E-state index in [1.165, 1.54) is 12.3 Å². The minimum atomic E-state index is -5.03. The zero-order valence-electron chi connectivity index (χ0n) is 6.98. The van der Waals surface area contributed by atoms with Gasteiger partial charge in [-0.3, -0.25) is 9.54 Å². The summed E-state index contributed by atoms with van der Waals surface area (Å²) in [6.07, 6.45) is 2.20. The maximum absolute atomic E-state index is 11.4. The number of sulfonamides is 1. The molecule has 0 fully saturated rings. The highest BCUT2D eigenvalue weighted by Gasteiger charge is 2.32. The van der Waals surface area contributed by atoms with E-state index in [9.17, 15) is 16.8 Å². The first-order chi connectivity index (χ1) is 6.76. The summed E-state index contributed by atoms with van der Waals surface area (Å²) in [5.41, 5.74) is 0. The molecule has 1 aromatic heterocycles. The summed E-state index contributed by atoms with van der Waals surface area (Å²) >= 11 is 4.96. The lowest BCUT2D eigenvalue weighted by atomic mass is 10.5. The molecule has 0 aliphatic carbocycles. The van der Waals surface area contributed by atoms with Crippen LogP contribution >= 0.6 is 11.8 Å². The van der Waals surface area contributed by atoms with Crippen LogP contribution in [0.4, 0.5) is 0 Å². The Kier molecular flexibility index (Phi) is 3.31. The van der Waals surface area contributed by atoms with Crippen LogP contribution in [0.2, 0.25) is 0 Å². The van der Waals surface area contributed by atoms with Crippen LogP contribution in [0.5, 0.6) is 0 Å². The third-order valence-electron chi connectivity index (χ3n) is 1.30. The van der Waals surface area contributed by atoms with Crippen LogP contribution in [0.3, 0.4) is 0 Å². The van der Waals surface area contributed by atoms with Crippen LogP contribution in [0.15, 0.2) is 29.4 Å². The molecule has 0 bridgehead atoms. The zero-order valence-corrected chi connectivity index (χ0v) is 9.37. The van der Waals surface area contributed by atoms with Crippen molar-refractivity contribution in [3.05, 3.63) is 24.5 Å². The molecule has 0 saturated heterocycles. The standard InChI is InChI=1S/C5H5ClN2O5S2/c6-8(15(11,12)13)14(9,10)5-2-1-3-7-4-5/h1-4H,(H,11,12,13). The summed E-state index contributed by atoms with van der Waals surface area (Å²) in [5, 5.41) is 0. The Morgan fingerprint density at radius 2 is 1.93 bits per heavy atom. The van der Waals surface area contributed by atoms with Crippen LogP contribution in [0, 0.1) is 0 Å². The molecule has 0 amide bonds. The van der Waals surface area contributed by atoms with Crippen LogP contribution in [-0.4, -0.2) is 29.6 Å². The van der Waals surface area contributed by atoms with Crippen molar-refractivity contribution in [2.45, 2.75) is 4.90 Å². The lowest BCUT2D eigenvalue weighted by Gasteiger charge is -2.09. The number of rotatable bonds is 3. The van der Waals surface area contributed by atoms with Gasteiger partial charge in [0.1, 0.15) is 4.90 Å². The van der Waals surface area contributed by atoms with Crippen molar-refractivity contribution in [3.63, 3.8) is 0 Å². The molecule has 0 unspecified atom stereocenters. The molecule has 0 aromatic carbocycles. The Morgan fingerprint density at radius 3 is 2.33 bits per heavy atom. The topological polar surface area (TPSA) is 105 Å². The average Bonchev–Trinajstić information content (AvgIpc) is 2.16. The van der Waals surface area contributed by atoms with Crippen molar-refractivity contribution >= 4 is 32.1 Å². The van der Waals surface area contributed by atoms with Gasteiger partial charge in [-0.2, -0.15) is 8.42 Å². The van der Waals surface area contributed by atoms with Gasteiger partial charge in [-0.1, -0.05) is 0 Å². The zero-order chi connectivity index (χ0) is 11.7. The number of hydrogen-bond donors (Lipinski definition) is 1. The third-order valence-corrected chi connectivity index (χ3v) is 5.10. The van der Waals surface area contributed by atoms with Crippen molar-refractivity contribution < 1.29 is 21.4 Å². The molecular weight excluding hydrogens is 268 g/mol.